The van der Waals surface area contributed by atoms with E-state index in [9.17, 15) is 22.8 Å². The molecule has 0 radical (unpaired) electrons. The second-order valence-corrected chi connectivity index (χ2v) is 7.08. The van der Waals surface area contributed by atoms with Gasteiger partial charge in [-0.15, -0.1) is 0 Å². The predicted octanol–water partition coefficient (Wildman–Crippen LogP) is 2.34. The number of pyridine rings is 1. The number of hydrogen-bond donors (Lipinski definition) is 3. The number of fused-ring (bicyclic) bond motifs is 2. The van der Waals surface area contributed by atoms with Gasteiger partial charge in [-0.2, -0.15) is 13.2 Å². The summed E-state index contributed by atoms with van der Waals surface area (Å²) in [6, 6.07) is 2.87. The third kappa shape index (κ3) is 3.12. The minimum atomic E-state index is -4.53. The Balaban J connectivity index is 1.89. The van der Waals surface area contributed by atoms with Crippen LogP contribution in [0, 0.1) is 6.92 Å². The van der Waals surface area contributed by atoms with Gasteiger partial charge in [-0.1, -0.05) is 0 Å². The summed E-state index contributed by atoms with van der Waals surface area (Å²) in [6.07, 6.45) is -2.18. The molecule has 1 unspecified atom stereocenters. The van der Waals surface area contributed by atoms with Gasteiger partial charge < -0.3 is 16.4 Å². The summed E-state index contributed by atoms with van der Waals surface area (Å²) < 4.78 is 41.1. The second-order valence-electron chi connectivity index (χ2n) is 7.08. The molecule has 2 aliphatic rings. The molecule has 1 atom stereocenters. The van der Waals surface area contributed by atoms with Crippen LogP contribution >= 0.6 is 0 Å². The van der Waals surface area contributed by atoms with Crippen molar-refractivity contribution >= 4 is 23.2 Å². The quantitative estimate of drug-likeness (QED) is 0.660. The lowest BCUT2D eigenvalue weighted by Crippen LogP contribution is -2.48. The SMILES string of the molecule is Cc1cc(Nc2cc(N)ncn2)c(=O)n2c1C(=O)NC21C=C(C(F)(F)F)CCC1. The molecule has 0 saturated carbocycles. The summed E-state index contributed by atoms with van der Waals surface area (Å²) in [5.41, 5.74) is 3.21. The first-order valence-electron chi connectivity index (χ1n) is 8.84. The van der Waals surface area contributed by atoms with E-state index in [1.165, 1.54) is 18.5 Å². The summed E-state index contributed by atoms with van der Waals surface area (Å²) >= 11 is 0. The molecule has 2 aromatic heterocycles. The number of alkyl halides is 3. The van der Waals surface area contributed by atoms with Crippen LogP contribution in [0.15, 0.2) is 34.9 Å². The van der Waals surface area contributed by atoms with E-state index in [4.69, 9.17) is 5.73 Å². The summed E-state index contributed by atoms with van der Waals surface area (Å²) in [5.74, 6) is -0.160. The fraction of sp³-hybridized carbons (Fsp3) is 0.333. The molecule has 4 N–H and O–H groups in total. The first kappa shape index (κ1) is 19.0. The number of aryl methyl sites for hydroxylation is 1. The Kier molecular flexibility index (Phi) is 4.14. The number of halogens is 3. The van der Waals surface area contributed by atoms with Gasteiger partial charge in [0.1, 0.15) is 35.0 Å². The van der Waals surface area contributed by atoms with Crippen LogP contribution in [0.25, 0.3) is 0 Å². The third-order valence-electron chi connectivity index (χ3n) is 5.07. The van der Waals surface area contributed by atoms with Gasteiger partial charge in [-0.3, -0.25) is 14.2 Å². The summed E-state index contributed by atoms with van der Waals surface area (Å²) in [7, 11) is 0. The maximum atomic E-state index is 13.3. The van der Waals surface area contributed by atoms with E-state index < -0.39 is 28.9 Å². The van der Waals surface area contributed by atoms with Gasteiger partial charge in [0, 0.05) is 11.6 Å². The van der Waals surface area contributed by atoms with E-state index in [1.54, 1.807) is 6.92 Å². The fourth-order valence-electron chi connectivity index (χ4n) is 3.87. The molecule has 1 amide bonds. The standard InChI is InChI=1S/C18H17F3N6O2/c1-9-5-11(25-13-6-12(22)23-8-24-13)16(29)27-14(9)15(28)26-17(27)4-2-3-10(7-17)18(19,20)21/h5-8H,2-4H2,1H3,(H,26,28)(H3,22,23,24,25). The van der Waals surface area contributed by atoms with Gasteiger partial charge in [0.25, 0.3) is 11.5 Å². The highest BCUT2D eigenvalue weighted by Crippen LogP contribution is 2.41. The van der Waals surface area contributed by atoms with Crippen molar-refractivity contribution in [1.29, 1.82) is 0 Å². The number of hydrogen-bond acceptors (Lipinski definition) is 6. The Labute approximate surface area is 162 Å². The number of allylic oxidation sites excluding steroid dienone is 1. The van der Waals surface area contributed by atoms with Crippen LogP contribution < -0.4 is 21.9 Å². The van der Waals surface area contributed by atoms with Crippen LogP contribution in [0.5, 0.6) is 0 Å². The molecular weight excluding hydrogens is 389 g/mol. The molecule has 11 heteroatoms. The maximum absolute atomic E-state index is 13.3. The number of nitrogens with two attached hydrogens (primary N) is 1. The highest BCUT2D eigenvalue weighted by molar-refractivity contribution is 5.97. The Hall–Kier alpha value is -3.37. The Morgan fingerprint density at radius 2 is 2.03 bits per heavy atom. The number of carbonyl (C=O) groups excluding carboxylic acids is 1. The molecule has 4 rings (SSSR count). The average molecular weight is 406 g/mol. The molecule has 29 heavy (non-hydrogen) atoms. The van der Waals surface area contributed by atoms with Crippen LogP contribution in [-0.4, -0.2) is 26.6 Å². The van der Waals surface area contributed by atoms with E-state index in [0.717, 1.165) is 10.6 Å². The number of nitrogens with one attached hydrogen (secondary N) is 2. The monoisotopic (exact) mass is 406 g/mol. The van der Waals surface area contributed by atoms with E-state index in [-0.39, 0.29) is 42.3 Å². The van der Waals surface area contributed by atoms with Gasteiger partial charge in [0.2, 0.25) is 0 Å². The number of amides is 1. The molecule has 1 aliphatic heterocycles. The molecule has 0 saturated heterocycles. The first-order chi connectivity index (χ1) is 13.6. The van der Waals surface area contributed by atoms with E-state index in [1.807, 2.05) is 0 Å². The van der Waals surface area contributed by atoms with Crippen LogP contribution in [0.3, 0.4) is 0 Å². The van der Waals surface area contributed by atoms with Crippen molar-refractivity contribution in [2.45, 2.75) is 38.0 Å². The average Bonchev–Trinajstić information content (AvgIpc) is 2.91. The molecule has 1 spiro atoms. The Bertz CT molecular complexity index is 1110. The zero-order chi connectivity index (χ0) is 21.0. The lowest BCUT2D eigenvalue weighted by molar-refractivity contribution is -0.0966. The highest BCUT2D eigenvalue weighted by atomic mass is 19.4. The minimum Gasteiger partial charge on any atom is -0.384 e. The van der Waals surface area contributed by atoms with Crippen molar-refractivity contribution in [2.75, 3.05) is 11.1 Å². The van der Waals surface area contributed by atoms with Gasteiger partial charge in [-0.05, 0) is 43.9 Å². The van der Waals surface area contributed by atoms with E-state index in [0.29, 0.717) is 5.56 Å². The number of nitrogen functional groups attached to an aromatic ring is 1. The number of aromatic nitrogens is 3. The van der Waals surface area contributed by atoms with Crippen LogP contribution in [-0.2, 0) is 5.66 Å². The number of carbonyl (C=O) groups is 1. The molecule has 152 valence electrons. The van der Waals surface area contributed by atoms with E-state index in [2.05, 4.69) is 20.6 Å². The minimum absolute atomic E-state index is 0.0439. The van der Waals surface area contributed by atoms with Crippen LogP contribution in [0.1, 0.15) is 35.3 Å². The molecule has 1 aliphatic carbocycles. The zero-order valence-corrected chi connectivity index (χ0v) is 15.3. The Morgan fingerprint density at radius 3 is 2.72 bits per heavy atom. The van der Waals surface area contributed by atoms with E-state index >= 15 is 0 Å². The van der Waals surface area contributed by atoms with Crippen molar-refractivity contribution < 1.29 is 18.0 Å². The topological polar surface area (TPSA) is 115 Å². The zero-order valence-electron chi connectivity index (χ0n) is 15.3. The summed E-state index contributed by atoms with van der Waals surface area (Å²) in [6.45, 7) is 1.61. The summed E-state index contributed by atoms with van der Waals surface area (Å²) in [5, 5.41) is 5.41. The lowest BCUT2D eigenvalue weighted by atomic mass is 9.90. The largest absolute Gasteiger partial charge is 0.412 e. The molecule has 8 nitrogen and oxygen atoms in total. The van der Waals surface area contributed by atoms with Gasteiger partial charge in [-0.25, -0.2) is 9.97 Å². The summed E-state index contributed by atoms with van der Waals surface area (Å²) in [4.78, 5) is 33.5. The molecule has 0 aromatic carbocycles. The van der Waals surface area contributed by atoms with Crippen LogP contribution in [0.2, 0.25) is 0 Å². The van der Waals surface area contributed by atoms with Crippen molar-refractivity contribution in [3.8, 4) is 0 Å². The molecule has 0 bridgehead atoms. The van der Waals surface area contributed by atoms with Gasteiger partial charge in [0.05, 0.1) is 0 Å². The predicted molar refractivity (Wildman–Crippen MR) is 98.6 cm³/mol. The van der Waals surface area contributed by atoms with Crippen molar-refractivity contribution in [2.24, 2.45) is 0 Å². The molecule has 2 aromatic rings. The lowest BCUT2D eigenvalue weighted by Gasteiger charge is -2.34. The molecular formula is C18H17F3N6O2. The fourth-order valence-corrected chi connectivity index (χ4v) is 3.87. The normalized spacial score (nSPS) is 21.0. The smallest absolute Gasteiger partial charge is 0.384 e. The third-order valence-corrected chi connectivity index (χ3v) is 5.07. The molecule has 3 heterocycles. The van der Waals surface area contributed by atoms with Crippen LogP contribution in [0.4, 0.5) is 30.5 Å². The number of rotatable bonds is 2. The molecule has 0 fully saturated rings. The number of anilines is 3. The maximum Gasteiger partial charge on any atom is 0.412 e. The van der Waals surface area contributed by atoms with Crippen molar-refractivity contribution in [3.05, 3.63) is 51.7 Å². The highest BCUT2D eigenvalue weighted by Gasteiger charge is 2.48. The first-order valence-corrected chi connectivity index (χ1v) is 8.84. The Morgan fingerprint density at radius 1 is 1.28 bits per heavy atom. The van der Waals surface area contributed by atoms with Gasteiger partial charge >= 0.3 is 6.18 Å². The second kappa shape index (κ2) is 6.33. The van der Waals surface area contributed by atoms with Crippen molar-refractivity contribution in [3.63, 3.8) is 0 Å². The number of nitrogens with zero attached hydrogens (tertiary/aromatic N) is 3. The van der Waals surface area contributed by atoms with Gasteiger partial charge in [0.15, 0.2) is 0 Å². The van der Waals surface area contributed by atoms with Crippen molar-refractivity contribution in [1.82, 2.24) is 19.9 Å².